The van der Waals surface area contributed by atoms with Crippen LogP contribution in [-0.4, -0.2) is 6.18 Å². The molecule has 0 spiro atoms. The van der Waals surface area contributed by atoms with Gasteiger partial charge in [-0.3, -0.25) is 0 Å². The van der Waals surface area contributed by atoms with Gasteiger partial charge in [0.15, 0.2) is 0 Å². The SMILES string of the molecule is CCCCCC1CCC(c2ccc(C3CCC(C=CC4CCC(C5CCC(C(F)=CC(F)(F)F)CC5)CC4)CC3)c(F)c2)CC1. The van der Waals surface area contributed by atoms with E-state index in [1.165, 1.54) is 82.6 Å². The first-order chi connectivity index (χ1) is 21.7. The number of hydrogen-bond acceptors (Lipinski definition) is 0. The number of halogens is 5. The third-order valence-electron chi connectivity index (χ3n) is 12.4. The highest BCUT2D eigenvalue weighted by molar-refractivity contribution is 5.30. The lowest BCUT2D eigenvalue weighted by Crippen LogP contribution is -2.26. The maximum atomic E-state index is 15.4. The predicted octanol–water partition coefficient (Wildman–Crippen LogP) is 13.5. The normalized spacial score (nSPS) is 33.9. The summed E-state index contributed by atoms with van der Waals surface area (Å²) in [4.78, 5) is 0. The molecule has 5 heteroatoms. The quantitative estimate of drug-likeness (QED) is 0.137. The molecule has 0 aliphatic heterocycles. The van der Waals surface area contributed by atoms with Crippen LogP contribution in [0, 0.1) is 41.3 Å². The van der Waals surface area contributed by atoms with Crippen LogP contribution in [0.1, 0.15) is 158 Å². The highest BCUT2D eigenvalue weighted by Crippen LogP contribution is 2.45. The third-order valence-corrected chi connectivity index (χ3v) is 12.4. The lowest BCUT2D eigenvalue weighted by Gasteiger charge is -2.37. The van der Waals surface area contributed by atoms with Crippen LogP contribution in [0.15, 0.2) is 42.3 Å². The number of allylic oxidation sites excluding steroid dienone is 4. The van der Waals surface area contributed by atoms with Gasteiger partial charge >= 0.3 is 6.18 Å². The van der Waals surface area contributed by atoms with Gasteiger partial charge in [-0.25, -0.2) is 8.78 Å². The Morgan fingerprint density at radius 2 is 1.27 bits per heavy atom. The van der Waals surface area contributed by atoms with Crippen LogP contribution >= 0.6 is 0 Å². The van der Waals surface area contributed by atoms with Crippen LogP contribution in [-0.2, 0) is 0 Å². The van der Waals surface area contributed by atoms with Crippen molar-refractivity contribution in [1.82, 2.24) is 0 Å². The molecule has 0 nitrogen and oxygen atoms in total. The summed E-state index contributed by atoms with van der Waals surface area (Å²) < 4.78 is 66.9. The van der Waals surface area contributed by atoms with E-state index in [-0.39, 0.29) is 11.9 Å². The molecule has 4 saturated carbocycles. The third kappa shape index (κ3) is 10.2. The minimum atomic E-state index is -4.57. The van der Waals surface area contributed by atoms with Crippen LogP contribution in [0.2, 0.25) is 0 Å². The first kappa shape index (κ1) is 34.7. The second kappa shape index (κ2) is 16.4. The van der Waals surface area contributed by atoms with Crippen LogP contribution in [0.3, 0.4) is 0 Å². The molecule has 0 saturated heterocycles. The minimum absolute atomic E-state index is 0.0183. The van der Waals surface area contributed by atoms with Crippen molar-refractivity contribution in [1.29, 1.82) is 0 Å². The second-order valence-electron chi connectivity index (χ2n) is 15.3. The Labute approximate surface area is 269 Å². The van der Waals surface area contributed by atoms with E-state index < -0.39 is 17.9 Å². The number of hydrogen-bond donors (Lipinski definition) is 0. The number of unbranched alkanes of at least 4 members (excludes halogenated alkanes) is 2. The fourth-order valence-electron chi connectivity index (χ4n) is 9.48. The van der Waals surface area contributed by atoms with E-state index >= 15 is 4.39 Å². The highest BCUT2D eigenvalue weighted by Gasteiger charge is 2.34. The van der Waals surface area contributed by atoms with Gasteiger partial charge in [-0.1, -0.05) is 56.9 Å². The predicted molar refractivity (Wildman–Crippen MR) is 175 cm³/mol. The van der Waals surface area contributed by atoms with Crippen molar-refractivity contribution < 1.29 is 22.0 Å². The van der Waals surface area contributed by atoms with E-state index in [4.69, 9.17) is 0 Å². The largest absolute Gasteiger partial charge is 0.412 e. The Bertz CT molecular complexity index is 1090. The standard InChI is InChI=1S/C40H57F5/c1-2-3-4-5-28-8-16-33(17-9-28)36-24-25-37(38(41)26-36)34-18-12-30(13-19-34)7-6-29-10-14-31(15-11-29)32-20-22-35(23-21-32)39(42)27-40(43,44)45/h6-7,24-35H,2-5,8-23H2,1H3. The van der Waals surface area contributed by atoms with Crippen molar-refractivity contribution >= 4 is 0 Å². The molecule has 4 aliphatic rings. The molecule has 5 rings (SSSR count). The minimum Gasteiger partial charge on any atom is -0.212 e. The number of benzene rings is 1. The summed E-state index contributed by atoms with van der Waals surface area (Å²) in [5.41, 5.74) is 2.15. The fourth-order valence-corrected chi connectivity index (χ4v) is 9.48. The molecule has 45 heavy (non-hydrogen) atoms. The van der Waals surface area contributed by atoms with Gasteiger partial charge in [-0.2, -0.15) is 13.2 Å². The summed E-state index contributed by atoms with van der Waals surface area (Å²) in [5.74, 6) is 2.59. The van der Waals surface area contributed by atoms with Crippen LogP contribution in [0.25, 0.3) is 0 Å². The Balaban J connectivity index is 1.00. The van der Waals surface area contributed by atoms with E-state index in [1.54, 1.807) is 0 Å². The lowest BCUT2D eigenvalue weighted by atomic mass is 9.69. The molecule has 4 aliphatic carbocycles. The van der Waals surface area contributed by atoms with Gasteiger partial charge in [0.1, 0.15) is 11.6 Å². The Morgan fingerprint density at radius 1 is 0.711 bits per heavy atom. The topological polar surface area (TPSA) is 0 Å². The van der Waals surface area contributed by atoms with Gasteiger partial charge < -0.3 is 0 Å². The van der Waals surface area contributed by atoms with E-state index in [0.29, 0.717) is 48.3 Å². The Kier molecular flexibility index (Phi) is 12.7. The Hall–Kier alpha value is -1.65. The molecule has 0 heterocycles. The molecule has 4 fully saturated rings. The fraction of sp³-hybridized carbons (Fsp3) is 0.750. The van der Waals surface area contributed by atoms with Crippen LogP contribution in [0.4, 0.5) is 22.0 Å². The molecular weight excluding hydrogens is 575 g/mol. The molecule has 1 aromatic carbocycles. The summed E-state index contributed by atoms with van der Waals surface area (Å²) in [6, 6.07) is 6.21. The average molecular weight is 633 g/mol. The van der Waals surface area contributed by atoms with Crippen molar-refractivity contribution in [3.63, 3.8) is 0 Å². The van der Waals surface area contributed by atoms with Crippen LogP contribution < -0.4 is 0 Å². The number of rotatable bonds is 10. The van der Waals surface area contributed by atoms with E-state index in [9.17, 15) is 17.6 Å². The maximum Gasteiger partial charge on any atom is 0.412 e. The average Bonchev–Trinajstić information content (AvgIpc) is 3.04. The van der Waals surface area contributed by atoms with Gasteiger partial charge in [0, 0.05) is 5.92 Å². The smallest absolute Gasteiger partial charge is 0.212 e. The van der Waals surface area contributed by atoms with Crippen molar-refractivity contribution in [2.24, 2.45) is 35.5 Å². The molecule has 252 valence electrons. The highest BCUT2D eigenvalue weighted by atomic mass is 19.4. The molecule has 0 N–H and O–H groups in total. The van der Waals surface area contributed by atoms with Gasteiger partial charge in [0.2, 0.25) is 0 Å². The second-order valence-corrected chi connectivity index (χ2v) is 15.3. The van der Waals surface area contributed by atoms with E-state index in [1.807, 2.05) is 6.07 Å². The van der Waals surface area contributed by atoms with Gasteiger partial charge in [-0.15, -0.1) is 0 Å². The summed E-state index contributed by atoms with van der Waals surface area (Å²) in [6.45, 7) is 2.27. The molecule has 0 bridgehead atoms. The van der Waals surface area contributed by atoms with Crippen molar-refractivity contribution in [2.75, 3.05) is 0 Å². The van der Waals surface area contributed by atoms with Crippen molar-refractivity contribution in [3.8, 4) is 0 Å². The van der Waals surface area contributed by atoms with Gasteiger partial charge in [-0.05, 0) is 161 Å². The monoisotopic (exact) mass is 632 g/mol. The summed E-state index contributed by atoms with van der Waals surface area (Å²) in [6.07, 6.45) is 22.4. The molecule has 0 amide bonds. The maximum absolute atomic E-state index is 15.4. The first-order valence-corrected chi connectivity index (χ1v) is 18.6. The molecule has 0 radical (unpaired) electrons. The van der Waals surface area contributed by atoms with Crippen LogP contribution in [0.5, 0.6) is 0 Å². The lowest BCUT2D eigenvalue weighted by molar-refractivity contribution is -0.0821. The molecular formula is C40H57F5. The van der Waals surface area contributed by atoms with Crippen molar-refractivity contribution in [3.05, 3.63) is 59.2 Å². The Morgan fingerprint density at radius 3 is 1.82 bits per heavy atom. The summed E-state index contributed by atoms with van der Waals surface area (Å²) >= 11 is 0. The zero-order valence-electron chi connectivity index (χ0n) is 27.6. The van der Waals surface area contributed by atoms with Gasteiger partial charge in [0.05, 0.1) is 6.08 Å². The molecule has 0 aromatic heterocycles. The summed E-state index contributed by atoms with van der Waals surface area (Å²) in [5, 5.41) is 0. The zero-order valence-corrected chi connectivity index (χ0v) is 27.6. The van der Waals surface area contributed by atoms with Gasteiger partial charge in [0.25, 0.3) is 0 Å². The van der Waals surface area contributed by atoms with E-state index in [0.717, 1.165) is 50.0 Å². The molecule has 1 aromatic rings. The summed E-state index contributed by atoms with van der Waals surface area (Å²) in [7, 11) is 0. The van der Waals surface area contributed by atoms with Crippen molar-refractivity contribution in [2.45, 2.75) is 153 Å². The molecule has 0 atom stereocenters. The van der Waals surface area contributed by atoms with E-state index in [2.05, 4.69) is 31.2 Å². The number of alkyl halides is 3. The zero-order chi connectivity index (χ0) is 31.8. The molecule has 0 unspecified atom stereocenters. The first-order valence-electron chi connectivity index (χ1n) is 18.6.